The van der Waals surface area contributed by atoms with Crippen LogP contribution in [0.2, 0.25) is 0 Å². The maximum absolute atomic E-state index is 4.80. The van der Waals surface area contributed by atoms with Gasteiger partial charge in [-0.25, -0.2) is 9.67 Å². The Kier molecular flexibility index (Phi) is 6.81. The third-order valence-corrected chi connectivity index (χ3v) is 5.51. The quantitative estimate of drug-likeness (QED) is 0.490. The van der Waals surface area contributed by atoms with Gasteiger partial charge in [0.15, 0.2) is 5.96 Å². The molecule has 28 heavy (non-hydrogen) atoms. The minimum atomic E-state index is 0.747. The molecule has 148 valence electrons. The molecule has 3 aromatic rings. The van der Waals surface area contributed by atoms with Crippen LogP contribution in [0.1, 0.15) is 28.1 Å². The van der Waals surface area contributed by atoms with E-state index >= 15 is 0 Å². The van der Waals surface area contributed by atoms with Crippen LogP contribution >= 0.6 is 11.3 Å². The first kappa shape index (κ1) is 20.1. The number of aliphatic imine (C=N–C) groups is 1. The molecule has 3 rings (SSSR count). The molecule has 0 fully saturated rings. The highest BCUT2D eigenvalue weighted by Crippen LogP contribution is 2.17. The van der Waals surface area contributed by atoms with Crippen molar-refractivity contribution in [3.63, 3.8) is 0 Å². The zero-order valence-corrected chi connectivity index (χ0v) is 17.8. The van der Waals surface area contributed by atoms with Crippen molar-refractivity contribution in [1.82, 2.24) is 25.0 Å². The van der Waals surface area contributed by atoms with Crippen molar-refractivity contribution in [3.05, 3.63) is 63.9 Å². The number of hydrogen-bond donors (Lipinski definition) is 1. The van der Waals surface area contributed by atoms with Crippen LogP contribution < -0.4 is 5.32 Å². The topological polar surface area (TPSA) is 58.3 Å². The zero-order valence-electron chi connectivity index (χ0n) is 17.0. The highest BCUT2D eigenvalue weighted by molar-refractivity contribution is 7.11. The van der Waals surface area contributed by atoms with E-state index in [0.717, 1.165) is 54.0 Å². The lowest BCUT2D eigenvalue weighted by molar-refractivity contribution is 0.477. The van der Waals surface area contributed by atoms with Crippen molar-refractivity contribution in [3.8, 4) is 5.69 Å². The lowest BCUT2D eigenvalue weighted by Crippen LogP contribution is -2.38. The maximum Gasteiger partial charge on any atom is 0.193 e. The van der Waals surface area contributed by atoms with Crippen LogP contribution in [-0.4, -0.2) is 45.8 Å². The van der Waals surface area contributed by atoms with Crippen molar-refractivity contribution in [2.45, 2.75) is 33.7 Å². The third-order valence-electron chi connectivity index (χ3n) is 4.37. The van der Waals surface area contributed by atoms with Gasteiger partial charge in [-0.2, -0.15) is 5.10 Å². The number of nitrogens with one attached hydrogen (secondary N) is 1. The third kappa shape index (κ3) is 5.19. The summed E-state index contributed by atoms with van der Waals surface area (Å²) < 4.78 is 1.90. The zero-order chi connectivity index (χ0) is 19.9. The van der Waals surface area contributed by atoms with Gasteiger partial charge in [0.2, 0.25) is 0 Å². The van der Waals surface area contributed by atoms with Crippen LogP contribution in [0, 0.1) is 13.8 Å². The summed E-state index contributed by atoms with van der Waals surface area (Å²) in [6.45, 7) is 8.55. The average molecular weight is 397 g/mol. The first-order chi connectivity index (χ1) is 13.6. The number of thiazole rings is 1. The summed E-state index contributed by atoms with van der Waals surface area (Å²) in [7, 11) is 2.06. The molecule has 1 N–H and O–H groups in total. The summed E-state index contributed by atoms with van der Waals surface area (Å²) in [5.74, 6) is 0.911. The summed E-state index contributed by atoms with van der Waals surface area (Å²) in [6, 6.07) is 10.1. The molecule has 0 aliphatic heterocycles. The van der Waals surface area contributed by atoms with E-state index in [1.165, 1.54) is 4.88 Å². The second kappa shape index (κ2) is 9.50. The van der Waals surface area contributed by atoms with Crippen molar-refractivity contribution in [2.24, 2.45) is 4.99 Å². The molecule has 0 atom stereocenters. The number of rotatable bonds is 7. The lowest BCUT2D eigenvalue weighted by Gasteiger charge is -2.21. The van der Waals surface area contributed by atoms with E-state index in [0.29, 0.717) is 0 Å². The van der Waals surface area contributed by atoms with Crippen molar-refractivity contribution >= 4 is 17.3 Å². The van der Waals surface area contributed by atoms with E-state index in [4.69, 9.17) is 4.99 Å². The van der Waals surface area contributed by atoms with Crippen LogP contribution in [0.5, 0.6) is 0 Å². The number of aryl methyl sites for hydroxylation is 2. The first-order valence-corrected chi connectivity index (χ1v) is 10.4. The number of aromatic nitrogens is 3. The predicted octanol–water partition coefficient (Wildman–Crippen LogP) is 3.59. The molecule has 0 unspecified atom stereocenters. The Labute approximate surface area is 171 Å². The van der Waals surface area contributed by atoms with Gasteiger partial charge in [0.05, 0.1) is 22.6 Å². The fraction of sp³-hybridized carbons (Fsp3) is 0.381. The lowest BCUT2D eigenvalue weighted by atomic mass is 10.3. The fourth-order valence-corrected chi connectivity index (χ4v) is 3.98. The molecular formula is C21H28N6S. The molecule has 0 spiro atoms. The molecule has 0 amide bonds. The van der Waals surface area contributed by atoms with E-state index in [9.17, 15) is 0 Å². The van der Waals surface area contributed by atoms with Crippen molar-refractivity contribution in [1.29, 1.82) is 0 Å². The van der Waals surface area contributed by atoms with E-state index in [1.54, 1.807) is 11.3 Å². The van der Waals surface area contributed by atoms with Gasteiger partial charge in [0.1, 0.15) is 0 Å². The van der Waals surface area contributed by atoms with Crippen molar-refractivity contribution in [2.75, 3.05) is 20.1 Å². The smallest absolute Gasteiger partial charge is 0.193 e. The molecule has 0 aliphatic carbocycles. The van der Waals surface area contributed by atoms with Gasteiger partial charge in [-0.15, -0.1) is 11.3 Å². The van der Waals surface area contributed by atoms with Crippen LogP contribution in [-0.2, 0) is 13.0 Å². The van der Waals surface area contributed by atoms with Gasteiger partial charge < -0.3 is 10.2 Å². The number of hydrogen-bond acceptors (Lipinski definition) is 4. The fourth-order valence-electron chi connectivity index (χ4n) is 3.05. The summed E-state index contributed by atoms with van der Waals surface area (Å²) >= 11 is 1.77. The number of benzene rings is 1. The monoisotopic (exact) mass is 396 g/mol. The molecule has 1 aromatic carbocycles. The van der Waals surface area contributed by atoms with Gasteiger partial charge in [0, 0.05) is 49.7 Å². The van der Waals surface area contributed by atoms with Gasteiger partial charge in [-0.05, 0) is 32.9 Å². The Bertz CT molecular complexity index is 912. The molecule has 2 heterocycles. The number of guanidine groups is 1. The maximum atomic E-state index is 4.80. The predicted molar refractivity (Wildman–Crippen MR) is 116 cm³/mol. The Morgan fingerprint density at radius 1 is 1.25 bits per heavy atom. The molecule has 0 bridgehead atoms. The Hall–Kier alpha value is -2.67. The van der Waals surface area contributed by atoms with Gasteiger partial charge in [-0.3, -0.25) is 4.99 Å². The van der Waals surface area contributed by atoms with Gasteiger partial charge >= 0.3 is 0 Å². The average Bonchev–Trinajstić information content (AvgIpc) is 3.27. The molecule has 0 radical (unpaired) electrons. The Balaban J connectivity index is 1.63. The number of para-hydroxylation sites is 1. The van der Waals surface area contributed by atoms with Crippen LogP contribution in [0.25, 0.3) is 5.69 Å². The normalized spacial score (nSPS) is 11.6. The number of nitrogens with zero attached hydrogens (tertiary/aromatic N) is 5. The second-order valence-electron chi connectivity index (χ2n) is 6.71. The van der Waals surface area contributed by atoms with Crippen LogP contribution in [0.3, 0.4) is 0 Å². The molecule has 6 nitrogen and oxygen atoms in total. The summed E-state index contributed by atoms with van der Waals surface area (Å²) in [5.41, 5.74) is 3.34. The minimum Gasteiger partial charge on any atom is -0.357 e. The van der Waals surface area contributed by atoms with E-state index in [-0.39, 0.29) is 0 Å². The van der Waals surface area contributed by atoms with Gasteiger partial charge in [0.25, 0.3) is 0 Å². The standard InChI is InChI=1S/C21H28N6S/c1-5-22-21(23-12-11-20-16(2)25-17(3)28-20)26(4)14-18-13-24-27(15-18)19-9-7-6-8-10-19/h6-10,13,15H,5,11-12,14H2,1-4H3,(H,22,23). The largest absolute Gasteiger partial charge is 0.357 e. The SMILES string of the molecule is CCNC(=NCCc1sc(C)nc1C)N(C)Cc1cnn(-c2ccccc2)c1. The van der Waals surface area contributed by atoms with Crippen LogP contribution in [0.4, 0.5) is 0 Å². The molecular weight excluding hydrogens is 368 g/mol. The van der Waals surface area contributed by atoms with Gasteiger partial charge in [-0.1, -0.05) is 18.2 Å². The van der Waals surface area contributed by atoms with E-state index in [1.807, 2.05) is 29.1 Å². The van der Waals surface area contributed by atoms with Crippen LogP contribution in [0.15, 0.2) is 47.7 Å². The summed E-state index contributed by atoms with van der Waals surface area (Å²) in [4.78, 5) is 12.8. The highest BCUT2D eigenvalue weighted by atomic mass is 32.1. The molecule has 0 saturated heterocycles. The van der Waals surface area contributed by atoms with E-state index in [2.05, 4.69) is 66.4 Å². The van der Waals surface area contributed by atoms with Crippen molar-refractivity contribution < 1.29 is 0 Å². The van der Waals surface area contributed by atoms with E-state index < -0.39 is 0 Å². The molecule has 7 heteroatoms. The molecule has 0 aliphatic rings. The summed E-state index contributed by atoms with van der Waals surface area (Å²) in [6.07, 6.45) is 4.90. The summed E-state index contributed by atoms with van der Waals surface area (Å²) in [5, 5.41) is 8.99. The Morgan fingerprint density at radius 2 is 2.04 bits per heavy atom. The molecule has 0 saturated carbocycles. The Morgan fingerprint density at radius 3 is 2.71 bits per heavy atom. The highest BCUT2D eigenvalue weighted by Gasteiger charge is 2.10. The molecule has 2 aromatic heterocycles. The first-order valence-electron chi connectivity index (χ1n) is 9.58. The minimum absolute atomic E-state index is 0.747. The second-order valence-corrected chi connectivity index (χ2v) is 8.00.